The predicted octanol–water partition coefficient (Wildman–Crippen LogP) is 3.03. The van der Waals surface area contributed by atoms with E-state index in [1.807, 2.05) is 0 Å². The van der Waals surface area contributed by atoms with Crippen LogP contribution in [0.5, 0.6) is 0 Å². The van der Waals surface area contributed by atoms with E-state index in [1.54, 1.807) is 0 Å². The Hall–Kier alpha value is -0.940. The Balaban J connectivity index is 1.64. The van der Waals surface area contributed by atoms with Crippen molar-refractivity contribution in [3.05, 3.63) is 11.6 Å². The average Bonchev–Trinajstić information content (AvgIpc) is 2.88. The molecule has 3 heterocycles. The van der Waals surface area contributed by atoms with Gasteiger partial charge in [-0.3, -0.25) is 4.90 Å². The van der Waals surface area contributed by atoms with Gasteiger partial charge in [0.05, 0.1) is 6.54 Å². The molecule has 1 unspecified atom stereocenters. The first-order valence-electron chi connectivity index (χ1n) is 9.75. The largest absolute Gasteiger partial charge is 0.317 e. The second-order valence-corrected chi connectivity index (χ2v) is 9.01. The maximum atomic E-state index is 4.60. The first-order valence-corrected chi connectivity index (χ1v) is 9.75. The summed E-state index contributed by atoms with van der Waals surface area (Å²) in [5.74, 6) is 2.87. The fourth-order valence-electron chi connectivity index (χ4n) is 4.27. The molecule has 3 rings (SSSR count). The summed E-state index contributed by atoms with van der Waals surface area (Å²) in [4.78, 5) is 5.15. The van der Waals surface area contributed by atoms with Crippen LogP contribution in [0.15, 0.2) is 0 Å². The first-order chi connectivity index (χ1) is 11.4. The van der Waals surface area contributed by atoms with Gasteiger partial charge in [-0.25, -0.2) is 0 Å². The molecule has 0 spiro atoms. The first kappa shape index (κ1) is 17.9. The molecule has 0 radical (unpaired) electrons. The molecule has 1 aromatic rings. The fraction of sp³-hybridized carbons (Fsp3) is 0.895. The summed E-state index contributed by atoms with van der Waals surface area (Å²) in [7, 11) is 2.16. The second-order valence-electron chi connectivity index (χ2n) is 9.01. The Morgan fingerprint density at radius 3 is 2.38 bits per heavy atom. The van der Waals surface area contributed by atoms with Crippen molar-refractivity contribution in [2.75, 3.05) is 32.7 Å². The highest BCUT2D eigenvalue weighted by molar-refractivity contribution is 5.04. The van der Waals surface area contributed by atoms with Gasteiger partial charge in [0.1, 0.15) is 11.6 Å². The van der Waals surface area contributed by atoms with E-state index >= 15 is 0 Å². The van der Waals surface area contributed by atoms with E-state index in [9.17, 15) is 0 Å². The number of piperidine rings is 2. The third-order valence-electron chi connectivity index (χ3n) is 5.38. The molecule has 0 amide bonds. The predicted molar refractivity (Wildman–Crippen MR) is 98.0 cm³/mol. The van der Waals surface area contributed by atoms with Gasteiger partial charge < -0.3 is 9.47 Å². The van der Waals surface area contributed by atoms with E-state index in [0.29, 0.717) is 11.3 Å². The zero-order valence-electron chi connectivity index (χ0n) is 16.1. The molecule has 0 saturated carbocycles. The van der Waals surface area contributed by atoms with Crippen molar-refractivity contribution in [2.45, 2.75) is 65.3 Å². The highest BCUT2D eigenvalue weighted by Gasteiger charge is 2.28. The van der Waals surface area contributed by atoms with Crippen LogP contribution in [0.25, 0.3) is 0 Å². The zero-order chi connectivity index (χ0) is 17.2. The van der Waals surface area contributed by atoms with E-state index < -0.39 is 0 Å². The SMILES string of the molecule is Cn1c(CN2CCCCC2)nnc1C1CCCN(CC(C)(C)C)C1. The monoisotopic (exact) mass is 333 g/mol. The second kappa shape index (κ2) is 7.52. The Bertz CT molecular complexity index is 524. The van der Waals surface area contributed by atoms with Gasteiger partial charge in [0, 0.05) is 26.1 Å². The van der Waals surface area contributed by atoms with E-state index in [4.69, 9.17) is 0 Å². The van der Waals surface area contributed by atoms with Gasteiger partial charge in [0.2, 0.25) is 0 Å². The van der Waals surface area contributed by atoms with Crippen LogP contribution in [-0.2, 0) is 13.6 Å². The molecule has 2 aliphatic rings. The third kappa shape index (κ3) is 4.57. The molecule has 0 aromatic carbocycles. The number of hydrogen-bond acceptors (Lipinski definition) is 4. The summed E-state index contributed by atoms with van der Waals surface area (Å²) in [6, 6.07) is 0. The van der Waals surface area contributed by atoms with Gasteiger partial charge in [0.25, 0.3) is 0 Å². The van der Waals surface area contributed by atoms with Crippen LogP contribution in [0.4, 0.5) is 0 Å². The van der Waals surface area contributed by atoms with Gasteiger partial charge in [-0.1, -0.05) is 27.2 Å². The van der Waals surface area contributed by atoms with Gasteiger partial charge in [-0.15, -0.1) is 10.2 Å². The van der Waals surface area contributed by atoms with E-state index in [2.05, 4.69) is 52.4 Å². The van der Waals surface area contributed by atoms with Gasteiger partial charge >= 0.3 is 0 Å². The standard InChI is InChI=1S/C19H35N5/c1-19(2,3)15-24-12-8-9-16(13-24)18-21-20-17(22(18)4)14-23-10-6-5-7-11-23/h16H,5-15H2,1-4H3. The maximum Gasteiger partial charge on any atom is 0.146 e. The molecule has 24 heavy (non-hydrogen) atoms. The van der Waals surface area contributed by atoms with E-state index in [-0.39, 0.29) is 0 Å². The van der Waals surface area contributed by atoms with Crippen molar-refractivity contribution in [3.8, 4) is 0 Å². The molecule has 2 saturated heterocycles. The normalized spacial score (nSPS) is 24.4. The van der Waals surface area contributed by atoms with Crippen LogP contribution >= 0.6 is 0 Å². The minimum atomic E-state index is 0.362. The fourth-order valence-corrected chi connectivity index (χ4v) is 4.27. The van der Waals surface area contributed by atoms with Crippen molar-refractivity contribution in [1.29, 1.82) is 0 Å². The van der Waals surface area contributed by atoms with Gasteiger partial charge in [-0.05, 0) is 50.7 Å². The lowest BCUT2D eigenvalue weighted by molar-refractivity contribution is 0.147. The highest BCUT2D eigenvalue weighted by Crippen LogP contribution is 2.28. The lowest BCUT2D eigenvalue weighted by atomic mass is 9.92. The molecule has 1 aromatic heterocycles. The molecule has 0 bridgehead atoms. The van der Waals surface area contributed by atoms with Crippen molar-refractivity contribution in [2.24, 2.45) is 12.5 Å². The van der Waals surface area contributed by atoms with E-state index in [0.717, 1.165) is 18.9 Å². The smallest absolute Gasteiger partial charge is 0.146 e. The Kier molecular flexibility index (Phi) is 5.60. The van der Waals surface area contributed by atoms with Crippen molar-refractivity contribution < 1.29 is 0 Å². The van der Waals surface area contributed by atoms with Crippen molar-refractivity contribution in [3.63, 3.8) is 0 Å². The summed E-state index contributed by atoms with van der Waals surface area (Å²) >= 11 is 0. The van der Waals surface area contributed by atoms with Crippen LogP contribution in [0.1, 0.15) is 70.4 Å². The van der Waals surface area contributed by atoms with Crippen LogP contribution in [-0.4, -0.2) is 57.3 Å². The Labute approximate surface area is 147 Å². The number of aromatic nitrogens is 3. The molecule has 0 aliphatic carbocycles. The summed E-state index contributed by atoms with van der Waals surface area (Å²) in [5.41, 5.74) is 0.362. The van der Waals surface area contributed by atoms with E-state index in [1.165, 1.54) is 64.1 Å². The number of likely N-dealkylation sites (tertiary alicyclic amines) is 2. The molecule has 136 valence electrons. The van der Waals surface area contributed by atoms with Crippen molar-refractivity contribution in [1.82, 2.24) is 24.6 Å². The molecular weight excluding hydrogens is 298 g/mol. The average molecular weight is 334 g/mol. The topological polar surface area (TPSA) is 37.2 Å². The molecule has 2 aliphatic heterocycles. The molecule has 5 heteroatoms. The van der Waals surface area contributed by atoms with Crippen molar-refractivity contribution >= 4 is 0 Å². The minimum absolute atomic E-state index is 0.362. The molecule has 1 atom stereocenters. The third-order valence-corrected chi connectivity index (χ3v) is 5.38. The zero-order valence-corrected chi connectivity index (χ0v) is 16.1. The van der Waals surface area contributed by atoms with Crippen LogP contribution < -0.4 is 0 Å². The van der Waals surface area contributed by atoms with Gasteiger partial charge in [-0.2, -0.15) is 0 Å². The Morgan fingerprint density at radius 2 is 1.67 bits per heavy atom. The highest BCUT2D eigenvalue weighted by atomic mass is 15.3. The molecular formula is C19H35N5. The van der Waals surface area contributed by atoms with Crippen LogP contribution in [0.3, 0.4) is 0 Å². The minimum Gasteiger partial charge on any atom is -0.317 e. The molecule has 0 N–H and O–H groups in total. The summed E-state index contributed by atoms with van der Waals surface area (Å²) in [5, 5.41) is 9.13. The molecule has 2 fully saturated rings. The lowest BCUT2D eigenvalue weighted by Gasteiger charge is -2.36. The quantitative estimate of drug-likeness (QED) is 0.849. The van der Waals surface area contributed by atoms with Gasteiger partial charge in [0.15, 0.2) is 0 Å². The summed E-state index contributed by atoms with van der Waals surface area (Å²) < 4.78 is 2.28. The number of rotatable bonds is 4. The summed E-state index contributed by atoms with van der Waals surface area (Å²) in [6.45, 7) is 13.9. The number of nitrogens with zero attached hydrogens (tertiary/aromatic N) is 5. The lowest BCUT2D eigenvalue weighted by Crippen LogP contribution is -2.40. The summed E-state index contributed by atoms with van der Waals surface area (Å²) in [6.07, 6.45) is 6.56. The number of hydrogen-bond donors (Lipinski definition) is 0. The Morgan fingerprint density at radius 1 is 0.958 bits per heavy atom. The van der Waals surface area contributed by atoms with Crippen LogP contribution in [0, 0.1) is 5.41 Å². The van der Waals surface area contributed by atoms with Crippen LogP contribution in [0.2, 0.25) is 0 Å². The molecule has 5 nitrogen and oxygen atoms in total. The maximum absolute atomic E-state index is 4.60.